The summed E-state index contributed by atoms with van der Waals surface area (Å²) in [6, 6.07) is 6.88. The van der Waals surface area contributed by atoms with Gasteiger partial charge >= 0.3 is 11.9 Å². The lowest BCUT2D eigenvalue weighted by atomic mass is 9.93. The topological polar surface area (TPSA) is 61.8 Å². The minimum Gasteiger partial charge on any atom is -0.467 e. The van der Waals surface area contributed by atoms with Crippen LogP contribution in [0, 0.1) is 0 Å². The quantitative estimate of drug-likeness (QED) is 0.533. The van der Waals surface area contributed by atoms with Crippen molar-refractivity contribution < 1.29 is 23.8 Å². The largest absolute Gasteiger partial charge is 0.467 e. The molecule has 0 N–H and O–H groups in total. The molecule has 0 aliphatic carbocycles. The van der Waals surface area contributed by atoms with Gasteiger partial charge < -0.3 is 14.2 Å². The Morgan fingerprint density at radius 1 is 1.05 bits per heavy atom. The molecule has 19 heavy (non-hydrogen) atoms. The van der Waals surface area contributed by atoms with Crippen LogP contribution >= 0.6 is 0 Å². The first-order chi connectivity index (χ1) is 9.25. The van der Waals surface area contributed by atoms with Crippen LogP contribution in [0.5, 0.6) is 5.75 Å². The van der Waals surface area contributed by atoms with Gasteiger partial charge in [0, 0.05) is 10.9 Å². The maximum absolute atomic E-state index is 11.8. The number of fused-ring (bicyclic) bond motifs is 2. The Morgan fingerprint density at radius 2 is 1.89 bits per heavy atom. The van der Waals surface area contributed by atoms with Crippen LogP contribution in [0.4, 0.5) is 0 Å². The summed E-state index contributed by atoms with van der Waals surface area (Å²) in [5, 5.41) is 1.42. The molecule has 0 saturated carbocycles. The van der Waals surface area contributed by atoms with Crippen molar-refractivity contribution >= 4 is 22.7 Å². The molecule has 4 rings (SSSR count). The number of ether oxygens (including phenoxy) is 3. The molecule has 2 aliphatic rings. The molecule has 0 amide bonds. The van der Waals surface area contributed by atoms with E-state index in [0.29, 0.717) is 28.9 Å². The predicted octanol–water partition coefficient (Wildman–Crippen LogP) is 2.02. The molecule has 0 unspecified atom stereocenters. The normalized spacial score (nSPS) is 16.8. The van der Waals surface area contributed by atoms with Crippen molar-refractivity contribution in [1.82, 2.24) is 0 Å². The maximum atomic E-state index is 11.8. The molecule has 2 heterocycles. The van der Waals surface area contributed by atoms with Crippen molar-refractivity contribution in [2.75, 3.05) is 6.79 Å². The molecule has 0 radical (unpaired) electrons. The Bertz CT molecular complexity index is 747. The number of hydrogen-bond donors (Lipinski definition) is 0. The molecule has 0 atom stereocenters. The summed E-state index contributed by atoms with van der Waals surface area (Å²) in [5.74, 6) is -0.635. The predicted molar refractivity (Wildman–Crippen MR) is 64.0 cm³/mol. The monoisotopic (exact) mass is 256 g/mol. The Morgan fingerprint density at radius 3 is 2.79 bits per heavy atom. The Hall–Kier alpha value is -2.40. The van der Waals surface area contributed by atoms with E-state index in [1.165, 1.54) is 0 Å². The zero-order valence-corrected chi connectivity index (χ0v) is 9.76. The zero-order valence-electron chi connectivity index (χ0n) is 9.76. The molecule has 2 aliphatic heterocycles. The van der Waals surface area contributed by atoms with E-state index in [1.807, 2.05) is 6.07 Å². The zero-order chi connectivity index (χ0) is 13.0. The van der Waals surface area contributed by atoms with Gasteiger partial charge in [0.25, 0.3) is 0 Å². The number of esters is 2. The van der Waals surface area contributed by atoms with Gasteiger partial charge in [0.15, 0.2) is 6.79 Å². The fourth-order valence-electron chi connectivity index (χ4n) is 2.57. The highest BCUT2D eigenvalue weighted by Crippen LogP contribution is 2.38. The molecule has 0 saturated heterocycles. The minimum absolute atomic E-state index is 0.158. The van der Waals surface area contributed by atoms with E-state index in [1.54, 1.807) is 18.2 Å². The van der Waals surface area contributed by atoms with Crippen molar-refractivity contribution in [2.45, 2.75) is 6.61 Å². The highest BCUT2D eigenvalue weighted by Gasteiger charge is 2.30. The number of benzene rings is 2. The molecule has 0 fully saturated rings. The lowest BCUT2D eigenvalue weighted by Crippen LogP contribution is -2.21. The molecule has 2 aromatic carbocycles. The van der Waals surface area contributed by atoms with Gasteiger partial charge in [-0.3, -0.25) is 0 Å². The molecular weight excluding hydrogens is 248 g/mol. The summed E-state index contributed by atoms with van der Waals surface area (Å²) < 4.78 is 15.4. The molecule has 2 aromatic rings. The molecule has 0 spiro atoms. The fraction of sp³-hybridized carbons (Fsp3) is 0.143. The van der Waals surface area contributed by atoms with Gasteiger partial charge in [-0.25, -0.2) is 9.59 Å². The van der Waals surface area contributed by atoms with Crippen LogP contribution in [0.3, 0.4) is 0 Å². The number of carbonyl (C=O) groups is 2. The molecule has 5 nitrogen and oxygen atoms in total. The maximum Gasteiger partial charge on any atom is 0.346 e. The van der Waals surface area contributed by atoms with Crippen molar-refractivity contribution in [3.8, 4) is 5.75 Å². The summed E-state index contributed by atoms with van der Waals surface area (Å²) in [5.41, 5.74) is 1.63. The molecular formula is C14H8O5. The number of cyclic esters (lactones) is 2. The van der Waals surface area contributed by atoms with E-state index < -0.39 is 11.9 Å². The SMILES string of the molecule is O=C1OC(=O)c2cc3c(c4cccc1c24)COCO3. The second kappa shape index (κ2) is 3.55. The summed E-state index contributed by atoms with van der Waals surface area (Å²) in [7, 11) is 0. The summed E-state index contributed by atoms with van der Waals surface area (Å²) >= 11 is 0. The fourth-order valence-corrected chi connectivity index (χ4v) is 2.57. The second-order valence-electron chi connectivity index (χ2n) is 4.42. The Kier molecular flexibility index (Phi) is 1.97. The Balaban J connectivity index is 2.19. The van der Waals surface area contributed by atoms with Gasteiger partial charge in [0.2, 0.25) is 0 Å². The molecule has 0 aromatic heterocycles. The van der Waals surface area contributed by atoms with Crippen molar-refractivity contribution in [1.29, 1.82) is 0 Å². The summed E-state index contributed by atoms with van der Waals surface area (Å²) in [6.45, 7) is 0.560. The highest BCUT2D eigenvalue weighted by molar-refractivity contribution is 6.21. The van der Waals surface area contributed by atoms with Crippen molar-refractivity contribution in [3.05, 3.63) is 41.0 Å². The third-order valence-electron chi connectivity index (χ3n) is 3.40. The second-order valence-corrected chi connectivity index (χ2v) is 4.42. The summed E-state index contributed by atoms with van der Waals surface area (Å²) in [4.78, 5) is 23.6. The lowest BCUT2D eigenvalue weighted by Gasteiger charge is -2.23. The molecule has 94 valence electrons. The third-order valence-corrected chi connectivity index (χ3v) is 3.40. The van der Waals surface area contributed by atoms with E-state index >= 15 is 0 Å². The van der Waals surface area contributed by atoms with Crippen LogP contribution in [0.15, 0.2) is 24.3 Å². The van der Waals surface area contributed by atoms with E-state index in [2.05, 4.69) is 0 Å². The van der Waals surface area contributed by atoms with Crippen LogP contribution in [-0.2, 0) is 16.1 Å². The molecule has 5 heteroatoms. The average Bonchev–Trinajstić information content (AvgIpc) is 2.44. The van der Waals surface area contributed by atoms with Crippen LogP contribution in [0.2, 0.25) is 0 Å². The van der Waals surface area contributed by atoms with Gasteiger partial charge in [0.1, 0.15) is 5.75 Å². The number of rotatable bonds is 0. The van der Waals surface area contributed by atoms with E-state index in [-0.39, 0.29) is 6.79 Å². The average molecular weight is 256 g/mol. The first-order valence-electron chi connectivity index (χ1n) is 5.81. The van der Waals surface area contributed by atoms with Crippen LogP contribution < -0.4 is 4.74 Å². The molecule has 0 bridgehead atoms. The van der Waals surface area contributed by atoms with Gasteiger partial charge in [-0.05, 0) is 17.5 Å². The van der Waals surface area contributed by atoms with Gasteiger partial charge in [-0.1, -0.05) is 12.1 Å². The Labute approximate surface area is 107 Å². The van der Waals surface area contributed by atoms with E-state index in [9.17, 15) is 9.59 Å². The highest BCUT2D eigenvalue weighted by atomic mass is 16.7. The first kappa shape index (κ1) is 10.5. The number of carbonyl (C=O) groups excluding carboxylic acids is 2. The van der Waals surface area contributed by atoms with Crippen LogP contribution in [0.25, 0.3) is 10.8 Å². The summed E-state index contributed by atoms with van der Waals surface area (Å²) in [6.07, 6.45) is 0. The van der Waals surface area contributed by atoms with Gasteiger partial charge in [-0.15, -0.1) is 0 Å². The minimum atomic E-state index is -0.633. The lowest BCUT2D eigenvalue weighted by molar-refractivity contribution is -0.0156. The first-order valence-corrected chi connectivity index (χ1v) is 5.81. The van der Waals surface area contributed by atoms with E-state index in [0.717, 1.165) is 10.9 Å². The standard InChI is InChI=1S/C14H8O5/c15-13-8-3-1-2-7-10-5-17-6-18-11(10)4-9(12(7)8)14(16)19-13/h1-4H,5-6H2. The smallest absolute Gasteiger partial charge is 0.346 e. The van der Waals surface area contributed by atoms with E-state index in [4.69, 9.17) is 14.2 Å². The van der Waals surface area contributed by atoms with Crippen molar-refractivity contribution in [2.24, 2.45) is 0 Å². The number of hydrogen-bond acceptors (Lipinski definition) is 5. The van der Waals surface area contributed by atoms with Crippen molar-refractivity contribution in [3.63, 3.8) is 0 Å². The van der Waals surface area contributed by atoms with Gasteiger partial charge in [0.05, 0.1) is 17.7 Å². The van der Waals surface area contributed by atoms with Crippen LogP contribution in [-0.4, -0.2) is 18.7 Å². The van der Waals surface area contributed by atoms with Crippen LogP contribution in [0.1, 0.15) is 26.3 Å². The van der Waals surface area contributed by atoms with Gasteiger partial charge in [-0.2, -0.15) is 0 Å². The third kappa shape index (κ3) is 1.33.